The Morgan fingerprint density at radius 1 is 1.10 bits per heavy atom. The standard InChI is InChI=1S/C14H23N3O4/c1-9-3-8-17(11(9)13(19)20)14(21)16-6-4-10(5-7-16)12(18)15-2/h9-11H,3-8H2,1-2H3,(H,15,18)(H,19,20). The quantitative estimate of drug-likeness (QED) is 0.770. The van der Waals surface area contributed by atoms with Crippen molar-refractivity contribution >= 4 is 17.9 Å². The number of carbonyl (C=O) groups excluding carboxylic acids is 2. The highest BCUT2D eigenvalue weighted by Gasteiger charge is 2.41. The fourth-order valence-corrected chi connectivity index (χ4v) is 3.26. The predicted molar refractivity (Wildman–Crippen MR) is 75.7 cm³/mol. The Kier molecular flexibility index (Phi) is 4.69. The molecule has 0 aliphatic carbocycles. The van der Waals surface area contributed by atoms with Crippen LogP contribution in [0.4, 0.5) is 4.79 Å². The van der Waals surface area contributed by atoms with Crippen LogP contribution < -0.4 is 5.32 Å². The first kappa shape index (κ1) is 15.6. The molecule has 2 fully saturated rings. The number of likely N-dealkylation sites (tertiary alicyclic amines) is 2. The number of piperidine rings is 1. The average Bonchev–Trinajstić information content (AvgIpc) is 2.87. The van der Waals surface area contributed by atoms with E-state index in [9.17, 15) is 19.5 Å². The van der Waals surface area contributed by atoms with Gasteiger partial charge in [0.1, 0.15) is 6.04 Å². The van der Waals surface area contributed by atoms with Crippen molar-refractivity contribution in [2.45, 2.75) is 32.2 Å². The van der Waals surface area contributed by atoms with E-state index in [4.69, 9.17) is 0 Å². The van der Waals surface area contributed by atoms with Gasteiger partial charge in [-0.05, 0) is 25.2 Å². The number of hydrogen-bond acceptors (Lipinski definition) is 3. The van der Waals surface area contributed by atoms with Gasteiger partial charge in [-0.15, -0.1) is 0 Å². The Labute approximate surface area is 124 Å². The Balaban J connectivity index is 1.96. The third kappa shape index (κ3) is 3.11. The van der Waals surface area contributed by atoms with Gasteiger partial charge in [-0.3, -0.25) is 4.79 Å². The van der Waals surface area contributed by atoms with Crippen LogP contribution in [0.1, 0.15) is 26.2 Å². The minimum atomic E-state index is -0.936. The summed E-state index contributed by atoms with van der Waals surface area (Å²) in [5, 5.41) is 11.9. The molecule has 2 aliphatic rings. The molecule has 0 aromatic rings. The first-order valence-corrected chi connectivity index (χ1v) is 7.45. The number of carbonyl (C=O) groups is 3. The molecule has 2 N–H and O–H groups in total. The molecule has 0 aromatic carbocycles. The second-order valence-corrected chi connectivity index (χ2v) is 5.90. The van der Waals surface area contributed by atoms with E-state index < -0.39 is 12.0 Å². The molecule has 0 radical (unpaired) electrons. The number of carboxylic acid groups (broad SMARTS) is 1. The van der Waals surface area contributed by atoms with Gasteiger partial charge in [-0.2, -0.15) is 0 Å². The minimum absolute atomic E-state index is 0.0142. The zero-order valence-electron chi connectivity index (χ0n) is 12.5. The Hall–Kier alpha value is -1.79. The van der Waals surface area contributed by atoms with E-state index in [1.165, 1.54) is 4.90 Å². The number of nitrogens with zero attached hydrogens (tertiary/aromatic N) is 2. The van der Waals surface area contributed by atoms with Crippen molar-refractivity contribution in [3.8, 4) is 0 Å². The smallest absolute Gasteiger partial charge is 0.326 e. The molecule has 0 aromatic heterocycles. The van der Waals surface area contributed by atoms with Crippen molar-refractivity contribution in [1.29, 1.82) is 0 Å². The topological polar surface area (TPSA) is 90.0 Å². The molecular weight excluding hydrogens is 274 g/mol. The van der Waals surface area contributed by atoms with Crippen LogP contribution in [-0.4, -0.2) is 65.5 Å². The third-order valence-corrected chi connectivity index (χ3v) is 4.58. The lowest BCUT2D eigenvalue weighted by Crippen LogP contribution is -2.52. The maximum absolute atomic E-state index is 12.5. The molecule has 7 heteroatoms. The van der Waals surface area contributed by atoms with E-state index in [1.54, 1.807) is 11.9 Å². The van der Waals surface area contributed by atoms with Gasteiger partial charge in [0.2, 0.25) is 5.91 Å². The monoisotopic (exact) mass is 297 g/mol. The Bertz CT molecular complexity index is 432. The molecule has 2 saturated heterocycles. The molecule has 0 bridgehead atoms. The van der Waals surface area contributed by atoms with Crippen molar-refractivity contribution in [2.24, 2.45) is 11.8 Å². The maximum Gasteiger partial charge on any atom is 0.326 e. The summed E-state index contributed by atoms with van der Waals surface area (Å²) in [6, 6.07) is -0.934. The van der Waals surface area contributed by atoms with Crippen LogP contribution in [0.3, 0.4) is 0 Å². The van der Waals surface area contributed by atoms with Gasteiger partial charge < -0.3 is 20.2 Å². The molecule has 2 atom stereocenters. The van der Waals surface area contributed by atoms with Gasteiger partial charge in [0.15, 0.2) is 0 Å². The zero-order valence-corrected chi connectivity index (χ0v) is 12.5. The lowest BCUT2D eigenvalue weighted by atomic mass is 9.96. The molecule has 3 amide bonds. The fraction of sp³-hybridized carbons (Fsp3) is 0.786. The molecule has 2 aliphatic heterocycles. The summed E-state index contributed by atoms with van der Waals surface area (Å²) in [7, 11) is 1.61. The first-order valence-electron chi connectivity index (χ1n) is 7.45. The number of carboxylic acids is 1. The Morgan fingerprint density at radius 2 is 1.71 bits per heavy atom. The molecule has 7 nitrogen and oxygen atoms in total. The van der Waals surface area contributed by atoms with Crippen LogP contribution in [0.25, 0.3) is 0 Å². The highest BCUT2D eigenvalue weighted by molar-refractivity contribution is 5.84. The molecule has 118 valence electrons. The average molecular weight is 297 g/mol. The zero-order chi connectivity index (χ0) is 15.6. The van der Waals surface area contributed by atoms with Gasteiger partial charge in [-0.1, -0.05) is 6.92 Å². The van der Waals surface area contributed by atoms with Crippen molar-refractivity contribution in [3.05, 3.63) is 0 Å². The lowest BCUT2D eigenvalue weighted by Gasteiger charge is -2.35. The van der Waals surface area contributed by atoms with Crippen LogP contribution in [0.5, 0.6) is 0 Å². The molecule has 2 heterocycles. The van der Waals surface area contributed by atoms with Crippen molar-refractivity contribution in [2.75, 3.05) is 26.7 Å². The van der Waals surface area contributed by atoms with Crippen LogP contribution in [0.15, 0.2) is 0 Å². The molecule has 21 heavy (non-hydrogen) atoms. The number of hydrogen-bond donors (Lipinski definition) is 2. The third-order valence-electron chi connectivity index (χ3n) is 4.58. The summed E-state index contributed by atoms with van der Waals surface area (Å²) in [6.45, 7) is 3.37. The summed E-state index contributed by atoms with van der Waals surface area (Å²) >= 11 is 0. The lowest BCUT2D eigenvalue weighted by molar-refractivity contribution is -0.142. The fourth-order valence-electron chi connectivity index (χ4n) is 3.26. The summed E-state index contributed by atoms with van der Waals surface area (Å²) in [5.41, 5.74) is 0. The SMILES string of the molecule is CNC(=O)C1CCN(C(=O)N2CCC(C)C2C(=O)O)CC1. The van der Waals surface area contributed by atoms with Crippen molar-refractivity contribution < 1.29 is 19.5 Å². The van der Waals surface area contributed by atoms with Crippen LogP contribution >= 0.6 is 0 Å². The van der Waals surface area contributed by atoms with Gasteiger partial charge >= 0.3 is 12.0 Å². The van der Waals surface area contributed by atoms with Gasteiger partial charge in [0.05, 0.1) is 0 Å². The van der Waals surface area contributed by atoms with Crippen LogP contribution in [-0.2, 0) is 9.59 Å². The van der Waals surface area contributed by atoms with E-state index in [0.717, 1.165) is 6.42 Å². The molecule has 0 spiro atoms. The highest BCUT2D eigenvalue weighted by Crippen LogP contribution is 2.27. The van der Waals surface area contributed by atoms with Gasteiger partial charge in [-0.25, -0.2) is 9.59 Å². The molecular formula is C14H23N3O4. The largest absolute Gasteiger partial charge is 0.480 e. The predicted octanol–water partition coefficient (Wildman–Crippen LogP) is 0.359. The molecule has 0 saturated carbocycles. The molecule has 2 unspecified atom stereocenters. The highest BCUT2D eigenvalue weighted by atomic mass is 16.4. The maximum atomic E-state index is 12.5. The van der Waals surface area contributed by atoms with E-state index >= 15 is 0 Å². The van der Waals surface area contributed by atoms with Gasteiger partial charge in [0.25, 0.3) is 0 Å². The normalized spacial score (nSPS) is 26.8. The summed E-state index contributed by atoms with van der Waals surface area (Å²) < 4.78 is 0. The Morgan fingerprint density at radius 3 is 2.24 bits per heavy atom. The van der Waals surface area contributed by atoms with E-state index in [0.29, 0.717) is 32.5 Å². The summed E-state index contributed by atoms with van der Waals surface area (Å²) in [5.74, 6) is -0.990. The minimum Gasteiger partial charge on any atom is -0.480 e. The number of amides is 3. The first-order chi connectivity index (χ1) is 9.95. The van der Waals surface area contributed by atoms with Crippen LogP contribution in [0.2, 0.25) is 0 Å². The number of urea groups is 1. The number of aliphatic carboxylic acids is 1. The van der Waals surface area contributed by atoms with Crippen molar-refractivity contribution in [3.63, 3.8) is 0 Å². The second kappa shape index (κ2) is 6.32. The van der Waals surface area contributed by atoms with E-state index in [2.05, 4.69) is 5.32 Å². The van der Waals surface area contributed by atoms with Gasteiger partial charge in [0, 0.05) is 32.6 Å². The van der Waals surface area contributed by atoms with E-state index in [1.807, 2.05) is 6.92 Å². The van der Waals surface area contributed by atoms with Crippen molar-refractivity contribution in [1.82, 2.24) is 15.1 Å². The second-order valence-electron chi connectivity index (χ2n) is 5.90. The number of rotatable bonds is 2. The van der Waals surface area contributed by atoms with E-state index in [-0.39, 0.29) is 23.8 Å². The summed E-state index contributed by atoms with van der Waals surface area (Å²) in [4.78, 5) is 38.5. The number of nitrogens with one attached hydrogen (secondary N) is 1. The van der Waals surface area contributed by atoms with Crippen LogP contribution in [0, 0.1) is 11.8 Å². The molecule has 2 rings (SSSR count). The summed E-state index contributed by atoms with van der Waals surface area (Å²) in [6.07, 6.45) is 1.98.